The topological polar surface area (TPSA) is 35.6 Å². The highest BCUT2D eigenvalue weighted by atomic mass is 16.2. The van der Waals surface area contributed by atoms with E-state index in [0.29, 0.717) is 0 Å². The molecular formula is C27H37N3O. The summed E-state index contributed by atoms with van der Waals surface area (Å²) in [6.07, 6.45) is 7.79. The summed E-state index contributed by atoms with van der Waals surface area (Å²) in [5.74, 6) is -0.149. The van der Waals surface area contributed by atoms with Crippen LogP contribution < -0.4 is 5.32 Å². The van der Waals surface area contributed by atoms with Crippen molar-refractivity contribution in [2.24, 2.45) is 0 Å². The van der Waals surface area contributed by atoms with Crippen molar-refractivity contribution < 1.29 is 4.79 Å². The molecule has 2 aromatic rings. The van der Waals surface area contributed by atoms with Crippen LogP contribution in [0.3, 0.4) is 0 Å². The number of hydrogen-bond donors (Lipinski definition) is 1. The SMILES string of the molecule is O=C(NC(CN1CCCCC1)CN1CCCCC1)C(c1ccccc1)c1ccccc1. The Morgan fingerprint density at radius 3 is 1.52 bits per heavy atom. The molecule has 0 radical (unpaired) electrons. The van der Waals surface area contributed by atoms with Crippen molar-refractivity contribution in [3.05, 3.63) is 71.8 Å². The van der Waals surface area contributed by atoms with Gasteiger partial charge in [0.1, 0.15) is 0 Å². The molecule has 0 aromatic heterocycles. The van der Waals surface area contributed by atoms with E-state index in [1.165, 1.54) is 38.5 Å². The van der Waals surface area contributed by atoms with Gasteiger partial charge >= 0.3 is 0 Å². The Morgan fingerprint density at radius 2 is 1.10 bits per heavy atom. The number of rotatable bonds is 8. The van der Waals surface area contributed by atoms with E-state index < -0.39 is 0 Å². The zero-order valence-corrected chi connectivity index (χ0v) is 18.7. The van der Waals surface area contributed by atoms with Crippen LogP contribution in [-0.4, -0.2) is 61.0 Å². The lowest BCUT2D eigenvalue weighted by Crippen LogP contribution is -2.52. The van der Waals surface area contributed by atoms with Gasteiger partial charge in [-0.1, -0.05) is 73.5 Å². The number of carbonyl (C=O) groups excluding carboxylic acids is 1. The van der Waals surface area contributed by atoms with Gasteiger partial charge in [-0.3, -0.25) is 4.79 Å². The van der Waals surface area contributed by atoms with Crippen molar-refractivity contribution in [2.45, 2.75) is 50.5 Å². The molecular weight excluding hydrogens is 382 g/mol. The quantitative estimate of drug-likeness (QED) is 0.694. The molecule has 0 bridgehead atoms. The van der Waals surface area contributed by atoms with Crippen LogP contribution in [0, 0.1) is 0 Å². The molecule has 1 amide bonds. The molecule has 1 N–H and O–H groups in total. The van der Waals surface area contributed by atoms with Gasteiger partial charge in [-0.05, 0) is 63.0 Å². The zero-order valence-electron chi connectivity index (χ0n) is 18.7. The Hall–Kier alpha value is -2.17. The van der Waals surface area contributed by atoms with E-state index in [2.05, 4.69) is 39.4 Å². The number of nitrogens with zero attached hydrogens (tertiary/aromatic N) is 2. The van der Waals surface area contributed by atoms with Gasteiger partial charge in [0.05, 0.1) is 12.0 Å². The van der Waals surface area contributed by atoms with Gasteiger partial charge in [0.15, 0.2) is 0 Å². The minimum absolute atomic E-state index is 0.122. The van der Waals surface area contributed by atoms with Gasteiger partial charge in [-0.2, -0.15) is 0 Å². The third-order valence-corrected chi connectivity index (χ3v) is 6.73. The van der Waals surface area contributed by atoms with Gasteiger partial charge < -0.3 is 15.1 Å². The lowest BCUT2D eigenvalue weighted by atomic mass is 9.90. The minimum atomic E-state index is -0.271. The van der Waals surface area contributed by atoms with E-state index in [0.717, 1.165) is 50.4 Å². The molecule has 0 atom stereocenters. The first-order valence-electron chi connectivity index (χ1n) is 12.1. The first-order valence-corrected chi connectivity index (χ1v) is 12.1. The van der Waals surface area contributed by atoms with E-state index in [-0.39, 0.29) is 17.9 Å². The highest BCUT2D eigenvalue weighted by Crippen LogP contribution is 2.25. The van der Waals surface area contributed by atoms with Gasteiger partial charge in [0.2, 0.25) is 5.91 Å². The molecule has 2 aliphatic rings. The van der Waals surface area contributed by atoms with Crippen LogP contribution in [0.5, 0.6) is 0 Å². The highest BCUT2D eigenvalue weighted by Gasteiger charge is 2.27. The molecule has 31 heavy (non-hydrogen) atoms. The third-order valence-electron chi connectivity index (χ3n) is 6.73. The van der Waals surface area contributed by atoms with Gasteiger partial charge in [0.25, 0.3) is 0 Å². The maximum Gasteiger partial charge on any atom is 0.232 e. The Morgan fingerprint density at radius 1 is 0.677 bits per heavy atom. The molecule has 166 valence electrons. The molecule has 2 fully saturated rings. The molecule has 2 heterocycles. The molecule has 2 saturated heterocycles. The third kappa shape index (κ3) is 6.41. The Balaban J connectivity index is 1.51. The number of likely N-dealkylation sites (tertiary alicyclic amines) is 2. The monoisotopic (exact) mass is 419 g/mol. The van der Waals surface area contributed by atoms with Gasteiger partial charge in [0, 0.05) is 13.1 Å². The molecule has 0 unspecified atom stereocenters. The summed E-state index contributed by atoms with van der Waals surface area (Å²) in [4.78, 5) is 18.8. The summed E-state index contributed by atoms with van der Waals surface area (Å²) in [5.41, 5.74) is 2.11. The van der Waals surface area contributed by atoms with E-state index in [1.807, 2.05) is 36.4 Å². The second kappa shape index (κ2) is 11.4. The van der Waals surface area contributed by atoms with Crippen LogP contribution >= 0.6 is 0 Å². The van der Waals surface area contributed by atoms with Crippen molar-refractivity contribution in [3.63, 3.8) is 0 Å². The second-order valence-electron chi connectivity index (χ2n) is 9.18. The number of benzene rings is 2. The smallest absolute Gasteiger partial charge is 0.232 e. The van der Waals surface area contributed by atoms with Crippen LogP contribution in [0.25, 0.3) is 0 Å². The molecule has 0 spiro atoms. The average Bonchev–Trinajstić information content (AvgIpc) is 2.82. The van der Waals surface area contributed by atoms with E-state index >= 15 is 0 Å². The van der Waals surface area contributed by atoms with Crippen LogP contribution in [0.4, 0.5) is 0 Å². The molecule has 2 aliphatic heterocycles. The normalized spacial score (nSPS) is 18.4. The summed E-state index contributed by atoms with van der Waals surface area (Å²) < 4.78 is 0. The Kier molecular flexibility index (Phi) is 8.14. The first-order chi connectivity index (χ1) is 15.3. The number of nitrogens with one attached hydrogen (secondary N) is 1. The average molecular weight is 420 g/mol. The highest BCUT2D eigenvalue weighted by molar-refractivity contribution is 5.87. The fourth-order valence-electron chi connectivity index (χ4n) is 5.13. The summed E-state index contributed by atoms with van der Waals surface area (Å²) >= 11 is 0. The molecule has 4 rings (SSSR count). The number of amides is 1. The minimum Gasteiger partial charge on any atom is -0.350 e. The standard InChI is InChI=1S/C27H37N3O/c31-27(26(23-13-5-1-6-14-23)24-15-7-2-8-16-24)28-25(21-29-17-9-3-10-18-29)22-30-19-11-4-12-20-30/h1-2,5-8,13-16,25-26H,3-4,9-12,17-22H2,(H,28,31). The molecule has 4 heteroatoms. The second-order valence-corrected chi connectivity index (χ2v) is 9.18. The largest absolute Gasteiger partial charge is 0.350 e. The predicted molar refractivity (Wildman–Crippen MR) is 127 cm³/mol. The van der Waals surface area contributed by atoms with Gasteiger partial charge in [-0.15, -0.1) is 0 Å². The van der Waals surface area contributed by atoms with Crippen molar-refractivity contribution in [2.75, 3.05) is 39.3 Å². The maximum atomic E-state index is 13.7. The van der Waals surface area contributed by atoms with Crippen LogP contribution in [0.15, 0.2) is 60.7 Å². The molecule has 4 nitrogen and oxygen atoms in total. The first kappa shape index (κ1) is 22.0. The van der Waals surface area contributed by atoms with Crippen molar-refractivity contribution in [1.82, 2.24) is 15.1 Å². The summed E-state index contributed by atoms with van der Waals surface area (Å²) in [6, 6.07) is 20.6. The number of hydrogen-bond acceptors (Lipinski definition) is 3. The van der Waals surface area contributed by atoms with E-state index in [1.54, 1.807) is 0 Å². The fourth-order valence-corrected chi connectivity index (χ4v) is 5.13. The molecule has 2 aromatic carbocycles. The predicted octanol–water partition coefficient (Wildman–Crippen LogP) is 4.28. The molecule has 0 aliphatic carbocycles. The zero-order chi connectivity index (χ0) is 21.3. The lowest BCUT2D eigenvalue weighted by molar-refractivity contribution is -0.122. The van der Waals surface area contributed by atoms with Crippen LogP contribution in [0.2, 0.25) is 0 Å². The summed E-state index contributed by atoms with van der Waals surface area (Å²) in [7, 11) is 0. The maximum absolute atomic E-state index is 13.7. The fraction of sp³-hybridized carbons (Fsp3) is 0.519. The lowest BCUT2D eigenvalue weighted by Gasteiger charge is -2.35. The van der Waals surface area contributed by atoms with Crippen LogP contribution in [0.1, 0.15) is 55.6 Å². The summed E-state index contributed by atoms with van der Waals surface area (Å²) in [6.45, 7) is 6.55. The number of carbonyl (C=O) groups is 1. The Bertz CT molecular complexity index is 723. The molecule has 0 saturated carbocycles. The summed E-state index contributed by atoms with van der Waals surface area (Å²) in [5, 5.41) is 3.49. The number of piperidine rings is 2. The van der Waals surface area contributed by atoms with E-state index in [4.69, 9.17) is 0 Å². The Labute approximate surface area is 187 Å². The van der Waals surface area contributed by atoms with E-state index in [9.17, 15) is 4.79 Å². The van der Waals surface area contributed by atoms with Crippen molar-refractivity contribution in [3.8, 4) is 0 Å². The van der Waals surface area contributed by atoms with Crippen molar-refractivity contribution in [1.29, 1.82) is 0 Å². The van der Waals surface area contributed by atoms with Crippen molar-refractivity contribution >= 4 is 5.91 Å². The van der Waals surface area contributed by atoms with Crippen LogP contribution in [-0.2, 0) is 4.79 Å². The van der Waals surface area contributed by atoms with Gasteiger partial charge in [-0.25, -0.2) is 0 Å².